The Hall–Kier alpha value is -3.12. The Balaban J connectivity index is 2.04. The molecule has 9 heteroatoms. The first-order chi connectivity index (χ1) is 13.5. The molecule has 2 rings (SSSR count). The van der Waals surface area contributed by atoms with Crippen molar-refractivity contribution in [3.05, 3.63) is 41.9 Å². The minimum absolute atomic E-state index is 0.135. The summed E-state index contributed by atoms with van der Waals surface area (Å²) in [6.45, 7) is 4.07. The van der Waals surface area contributed by atoms with E-state index in [-0.39, 0.29) is 31.1 Å². The minimum Gasteiger partial charge on any atom is -0.449 e. The number of nitriles is 1. The zero-order chi connectivity index (χ0) is 20.5. The van der Waals surface area contributed by atoms with Gasteiger partial charge in [0.2, 0.25) is 0 Å². The number of carbonyl (C=O) groups excluding carboxylic acids is 2. The molecule has 0 bridgehead atoms. The average molecular weight is 389 g/mol. The Labute approximate surface area is 163 Å². The lowest BCUT2D eigenvalue weighted by Crippen LogP contribution is -2.49. The molecule has 1 aliphatic heterocycles. The molecule has 0 unspecified atom stereocenters. The van der Waals surface area contributed by atoms with Crippen molar-refractivity contribution in [1.82, 2.24) is 9.80 Å². The Morgan fingerprint density at radius 1 is 1.29 bits per heavy atom. The van der Waals surface area contributed by atoms with E-state index in [1.165, 1.54) is 18.3 Å². The molecule has 1 fully saturated rings. The number of ether oxygens (including phenoxy) is 1. The lowest BCUT2D eigenvalue weighted by Gasteiger charge is -2.36. The fraction of sp³-hybridized carbons (Fsp3) is 0.421. The van der Waals surface area contributed by atoms with Crippen molar-refractivity contribution in [2.75, 3.05) is 50.8 Å². The van der Waals surface area contributed by atoms with Gasteiger partial charge in [0.25, 0.3) is 5.91 Å². The number of benzene rings is 1. The quantitative estimate of drug-likeness (QED) is 0.581. The van der Waals surface area contributed by atoms with Gasteiger partial charge in [-0.15, -0.1) is 0 Å². The van der Waals surface area contributed by atoms with Crippen LogP contribution in [0.2, 0.25) is 0 Å². The molecule has 0 saturated carbocycles. The molecule has 0 atom stereocenters. The summed E-state index contributed by atoms with van der Waals surface area (Å²) >= 11 is 0. The maximum Gasteiger partial charge on any atom is 0.413 e. The number of anilines is 1. The molecule has 1 heterocycles. The first-order valence-corrected chi connectivity index (χ1v) is 9.05. The van der Waals surface area contributed by atoms with Crippen LogP contribution in [0, 0.1) is 17.1 Å². The van der Waals surface area contributed by atoms with Crippen LogP contribution in [0.15, 0.2) is 36.0 Å². The lowest BCUT2D eigenvalue weighted by molar-refractivity contribution is -0.127. The molecule has 0 aliphatic carbocycles. The fourth-order valence-corrected chi connectivity index (χ4v) is 2.83. The van der Waals surface area contributed by atoms with Crippen molar-refractivity contribution in [1.29, 1.82) is 5.26 Å². The van der Waals surface area contributed by atoms with Gasteiger partial charge in [-0.05, 0) is 31.2 Å². The number of hydrogen-bond acceptors (Lipinski definition) is 6. The predicted octanol–water partition coefficient (Wildman–Crippen LogP) is 1.30. The number of hydrogen-bond donors (Lipinski definition) is 1. The van der Waals surface area contributed by atoms with Crippen molar-refractivity contribution in [2.24, 2.45) is 5.73 Å². The molecule has 1 aromatic carbocycles. The molecule has 1 aliphatic rings. The first-order valence-electron chi connectivity index (χ1n) is 9.05. The number of rotatable bonds is 6. The topological polar surface area (TPSA) is 103 Å². The maximum absolute atomic E-state index is 13.1. The average Bonchev–Trinajstić information content (AvgIpc) is 2.71. The molecular weight excluding hydrogens is 365 g/mol. The monoisotopic (exact) mass is 389 g/mol. The highest BCUT2D eigenvalue weighted by molar-refractivity contribution is 5.97. The van der Waals surface area contributed by atoms with Crippen molar-refractivity contribution in [3.63, 3.8) is 0 Å². The van der Waals surface area contributed by atoms with Crippen molar-refractivity contribution in [2.45, 2.75) is 6.92 Å². The summed E-state index contributed by atoms with van der Waals surface area (Å²) in [5.41, 5.74) is 6.21. The number of piperazine rings is 1. The highest BCUT2D eigenvalue weighted by Gasteiger charge is 2.25. The molecule has 1 saturated heterocycles. The van der Waals surface area contributed by atoms with Gasteiger partial charge in [0, 0.05) is 51.2 Å². The van der Waals surface area contributed by atoms with Crippen molar-refractivity contribution < 1.29 is 18.7 Å². The van der Waals surface area contributed by atoms with E-state index in [0.29, 0.717) is 26.2 Å². The van der Waals surface area contributed by atoms with Gasteiger partial charge in [-0.2, -0.15) is 5.26 Å². The maximum atomic E-state index is 13.1. The van der Waals surface area contributed by atoms with E-state index in [0.717, 1.165) is 10.6 Å². The van der Waals surface area contributed by atoms with Gasteiger partial charge in [0.1, 0.15) is 17.5 Å². The van der Waals surface area contributed by atoms with Crippen LogP contribution in [0.3, 0.4) is 0 Å². The van der Waals surface area contributed by atoms with Crippen molar-refractivity contribution >= 4 is 17.7 Å². The summed E-state index contributed by atoms with van der Waals surface area (Å²) in [4.78, 5) is 29.4. The van der Waals surface area contributed by atoms with E-state index < -0.39 is 12.0 Å². The van der Waals surface area contributed by atoms with E-state index in [9.17, 15) is 19.2 Å². The second-order valence-corrected chi connectivity index (χ2v) is 6.09. The highest BCUT2D eigenvalue weighted by atomic mass is 19.1. The van der Waals surface area contributed by atoms with Crippen LogP contribution in [-0.4, -0.2) is 67.7 Å². The highest BCUT2D eigenvalue weighted by Crippen LogP contribution is 2.18. The van der Waals surface area contributed by atoms with E-state index >= 15 is 0 Å². The van der Waals surface area contributed by atoms with Gasteiger partial charge in [-0.25, -0.2) is 9.18 Å². The summed E-state index contributed by atoms with van der Waals surface area (Å²) in [5, 5.41) is 9.39. The van der Waals surface area contributed by atoms with Gasteiger partial charge in [-0.1, -0.05) is 0 Å². The Morgan fingerprint density at radius 3 is 2.46 bits per heavy atom. The molecular formula is C19H24FN5O3. The number of nitrogens with two attached hydrogens (primary N) is 1. The Kier molecular flexibility index (Phi) is 7.77. The summed E-state index contributed by atoms with van der Waals surface area (Å²) in [7, 11) is 0. The molecule has 0 radical (unpaired) electrons. The van der Waals surface area contributed by atoms with Crippen LogP contribution < -0.4 is 10.6 Å². The van der Waals surface area contributed by atoms with Gasteiger partial charge in [0.05, 0.1) is 6.61 Å². The van der Waals surface area contributed by atoms with E-state index in [1.807, 2.05) is 11.0 Å². The van der Waals surface area contributed by atoms with E-state index in [1.54, 1.807) is 24.0 Å². The zero-order valence-electron chi connectivity index (χ0n) is 15.8. The number of carbonyl (C=O) groups is 2. The third kappa shape index (κ3) is 5.44. The van der Waals surface area contributed by atoms with Crippen LogP contribution in [0.5, 0.6) is 0 Å². The minimum atomic E-state index is -0.658. The molecule has 28 heavy (non-hydrogen) atoms. The van der Waals surface area contributed by atoms with Gasteiger partial charge in [0.15, 0.2) is 0 Å². The molecule has 1 aromatic rings. The second-order valence-electron chi connectivity index (χ2n) is 6.09. The second kappa shape index (κ2) is 10.3. The Morgan fingerprint density at radius 2 is 1.93 bits per heavy atom. The SMILES string of the molecule is CCOC(=O)N(/C=C(/C#N)C(=O)N1CCN(c2ccc(F)cc2)CC1)CCN. The number of nitrogens with zero attached hydrogens (tertiary/aromatic N) is 4. The van der Waals surface area contributed by atoms with Gasteiger partial charge in [-0.3, -0.25) is 9.69 Å². The smallest absolute Gasteiger partial charge is 0.413 e. The molecule has 8 nitrogen and oxygen atoms in total. The normalized spacial score (nSPS) is 14.4. The molecule has 0 aromatic heterocycles. The van der Waals surface area contributed by atoms with E-state index in [4.69, 9.17) is 10.5 Å². The molecule has 2 amide bonds. The van der Waals surface area contributed by atoms with E-state index in [2.05, 4.69) is 0 Å². The summed E-state index contributed by atoms with van der Waals surface area (Å²) in [6, 6.07) is 8.03. The van der Waals surface area contributed by atoms with Crippen LogP contribution in [0.25, 0.3) is 0 Å². The number of halogens is 1. The lowest BCUT2D eigenvalue weighted by atomic mass is 10.2. The molecule has 150 valence electrons. The van der Waals surface area contributed by atoms with Crippen LogP contribution in [-0.2, 0) is 9.53 Å². The third-order valence-electron chi connectivity index (χ3n) is 4.27. The van der Waals surface area contributed by atoms with Crippen LogP contribution in [0.4, 0.5) is 14.9 Å². The third-order valence-corrected chi connectivity index (χ3v) is 4.27. The van der Waals surface area contributed by atoms with Crippen molar-refractivity contribution in [3.8, 4) is 6.07 Å². The Bertz CT molecular complexity index is 752. The standard InChI is InChI=1S/C19H24FN5O3/c1-2-28-19(27)25(8-7-21)14-15(13-22)18(26)24-11-9-23(10-12-24)17-5-3-16(20)4-6-17/h3-6,14H,2,7-12,21H2,1H3/b15-14-. The fourth-order valence-electron chi connectivity index (χ4n) is 2.83. The summed E-state index contributed by atoms with van der Waals surface area (Å²) in [5.74, 6) is -0.752. The van der Waals surface area contributed by atoms with Gasteiger partial charge >= 0.3 is 6.09 Å². The zero-order valence-corrected chi connectivity index (χ0v) is 15.8. The predicted molar refractivity (Wildman–Crippen MR) is 102 cm³/mol. The first kappa shape index (κ1) is 21.2. The summed E-state index contributed by atoms with van der Waals surface area (Å²) < 4.78 is 18.0. The molecule has 0 spiro atoms. The summed E-state index contributed by atoms with van der Waals surface area (Å²) in [6.07, 6.45) is 0.536. The van der Waals surface area contributed by atoms with Crippen LogP contribution >= 0.6 is 0 Å². The number of amides is 2. The van der Waals surface area contributed by atoms with Crippen LogP contribution in [0.1, 0.15) is 6.92 Å². The van der Waals surface area contributed by atoms with Gasteiger partial charge < -0.3 is 20.3 Å². The largest absolute Gasteiger partial charge is 0.449 e. The molecule has 2 N–H and O–H groups in total.